The molecular formula is C16H17NO. The van der Waals surface area contributed by atoms with Gasteiger partial charge in [0.05, 0.1) is 0 Å². The molecule has 18 heavy (non-hydrogen) atoms. The second-order valence-corrected chi connectivity index (χ2v) is 4.91. The quantitative estimate of drug-likeness (QED) is 0.725. The van der Waals surface area contributed by atoms with Crippen molar-refractivity contribution in [3.63, 3.8) is 0 Å². The van der Waals surface area contributed by atoms with Crippen molar-refractivity contribution in [2.24, 2.45) is 5.18 Å². The Kier molecular flexibility index (Phi) is 3.88. The number of rotatable bonds is 5. The molecule has 0 amide bonds. The molecule has 0 radical (unpaired) electrons. The van der Waals surface area contributed by atoms with Crippen LogP contribution in [-0.4, -0.2) is 5.54 Å². The normalized spacial score (nSPS) is 11.2. The van der Waals surface area contributed by atoms with Gasteiger partial charge in [-0.1, -0.05) is 65.8 Å². The van der Waals surface area contributed by atoms with Crippen LogP contribution in [0.4, 0.5) is 0 Å². The maximum absolute atomic E-state index is 11.2. The van der Waals surface area contributed by atoms with E-state index >= 15 is 0 Å². The summed E-state index contributed by atoms with van der Waals surface area (Å²) in [5.74, 6) is 0. The van der Waals surface area contributed by atoms with Crippen molar-refractivity contribution in [2.45, 2.75) is 25.3 Å². The van der Waals surface area contributed by atoms with Crippen LogP contribution >= 0.6 is 0 Å². The average molecular weight is 239 g/mol. The summed E-state index contributed by atoms with van der Waals surface area (Å²) in [5.41, 5.74) is 1.72. The summed E-state index contributed by atoms with van der Waals surface area (Å²) in [5, 5.41) is 3.36. The Bertz CT molecular complexity index is 452. The lowest BCUT2D eigenvalue weighted by Crippen LogP contribution is -2.27. The molecule has 0 unspecified atom stereocenters. The Morgan fingerprint density at radius 1 is 0.833 bits per heavy atom. The van der Waals surface area contributed by atoms with E-state index in [2.05, 4.69) is 5.18 Å². The van der Waals surface area contributed by atoms with Crippen LogP contribution < -0.4 is 0 Å². The molecule has 2 aromatic carbocycles. The number of nitroso groups, excluding NO2 is 1. The van der Waals surface area contributed by atoms with Gasteiger partial charge < -0.3 is 0 Å². The molecule has 92 valence electrons. The number of hydrogen-bond donors (Lipinski definition) is 0. The molecule has 0 saturated heterocycles. The van der Waals surface area contributed by atoms with Crippen LogP contribution in [0.15, 0.2) is 65.8 Å². The van der Waals surface area contributed by atoms with Crippen molar-refractivity contribution in [1.82, 2.24) is 0 Å². The van der Waals surface area contributed by atoms with Gasteiger partial charge in [-0.15, -0.1) is 0 Å². The molecule has 0 atom stereocenters. The highest BCUT2D eigenvalue weighted by Crippen LogP contribution is 2.22. The standard InChI is InChI=1S/C16H17NO/c1-16(17-18,12-14-8-4-2-5-9-14)13-15-10-6-3-7-11-15/h2-11H,12-13H2,1H3. The fourth-order valence-corrected chi connectivity index (χ4v) is 2.20. The third-order valence-corrected chi connectivity index (χ3v) is 3.08. The smallest absolute Gasteiger partial charge is 0.108 e. The molecule has 0 aromatic heterocycles. The molecule has 0 aliphatic heterocycles. The zero-order valence-corrected chi connectivity index (χ0v) is 10.5. The Labute approximate surface area is 108 Å². The van der Waals surface area contributed by atoms with Gasteiger partial charge in [-0.05, 0) is 18.1 Å². The summed E-state index contributed by atoms with van der Waals surface area (Å²) in [7, 11) is 0. The first-order chi connectivity index (χ1) is 8.72. The van der Waals surface area contributed by atoms with Crippen molar-refractivity contribution < 1.29 is 0 Å². The van der Waals surface area contributed by atoms with Gasteiger partial charge in [-0.2, -0.15) is 4.91 Å². The molecule has 0 N–H and O–H groups in total. The van der Waals surface area contributed by atoms with Crippen molar-refractivity contribution in [3.8, 4) is 0 Å². The molecule has 0 aliphatic carbocycles. The minimum atomic E-state index is -0.581. The summed E-state index contributed by atoms with van der Waals surface area (Å²) >= 11 is 0. The Morgan fingerprint density at radius 3 is 1.56 bits per heavy atom. The first kappa shape index (κ1) is 12.5. The summed E-state index contributed by atoms with van der Waals surface area (Å²) in [6, 6.07) is 20.1. The van der Waals surface area contributed by atoms with Gasteiger partial charge in [0.15, 0.2) is 0 Å². The number of nitrogens with zero attached hydrogens (tertiary/aromatic N) is 1. The van der Waals surface area contributed by atoms with Crippen LogP contribution in [0.2, 0.25) is 0 Å². The molecule has 0 saturated carbocycles. The Morgan fingerprint density at radius 2 is 1.22 bits per heavy atom. The highest BCUT2D eigenvalue weighted by atomic mass is 16.3. The van der Waals surface area contributed by atoms with Gasteiger partial charge >= 0.3 is 0 Å². The number of benzene rings is 2. The second-order valence-electron chi connectivity index (χ2n) is 4.91. The summed E-state index contributed by atoms with van der Waals surface area (Å²) < 4.78 is 0. The van der Waals surface area contributed by atoms with E-state index in [0.29, 0.717) is 12.8 Å². The first-order valence-corrected chi connectivity index (χ1v) is 6.14. The van der Waals surface area contributed by atoms with Crippen LogP contribution in [0.3, 0.4) is 0 Å². The lowest BCUT2D eigenvalue weighted by Gasteiger charge is -2.21. The van der Waals surface area contributed by atoms with Crippen molar-refractivity contribution in [1.29, 1.82) is 0 Å². The molecule has 2 rings (SSSR count). The van der Waals surface area contributed by atoms with Gasteiger partial charge in [0.25, 0.3) is 0 Å². The molecule has 2 nitrogen and oxygen atoms in total. The van der Waals surface area contributed by atoms with E-state index in [-0.39, 0.29) is 0 Å². The average Bonchev–Trinajstić information content (AvgIpc) is 2.41. The van der Waals surface area contributed by atoms with Crippen molar-refractivity contribution in [2.75, 3.05) is 0 Å². The van der Waals surface area contributed by atoms with Crippen LogP contribution in [0, 0.1) is 4.91 Å². The van der Waals surface area contributed by atoms with E-state index < -0.39 is 5.54 Å². The van der Waals surface area contributed by atoms with Crippen molar-refractivity contribution in [3.05, 3.63) is 76.7 Å². The van der Waals surface area contributed by atoms with E-state index in [0.717, 1.165) is 11.1 Å². The third-order valence-electron chi connectivity index (χ3n) is 3.08. The SMILES string of the molecule is CC(Cc1ccccc1)(Cc1ccccc1)N=O. The maximum atomic E-state index is 11.2. The van der Waals surface area contributed by atoms with E-state index in [9.17, 15) is 4.91 Å². The molecule has 0 aliphatic rings. The van der Waals surface area contributed by atoms with Crippen LogP contribution in [-0.2, 0) is 12.8 Å². The summed E-state index contributed by atoms with van der Waals surface area (Å²) in [6.45, 7) is 1.92. The van der Waals surface area contributed by atoms with Gasteiger partial charge in [-0.25, -0.2) is 0 Å². The second kappa shape index (κ2) is 5.58. The molecule has 2 aromatic rings. The highest BCUT2D eigenvalue weighted by Gasteiger charge is 2.26. The Hall–Kier alpha value is -1.96. The summed E-state index contributed by atoms with van der Waals surface area (Å²) in [6.07, 6.45) is 1.35. The predicted molar refractivity (Wildman–Crippen MR) is 74.5 cm³/mol. The highest BCUT2D eigenvalue weighted by molar-refractivity contribution is 5.22. The van der Waals surface area contributed by atoms with Crippen LogP contribution in [0.25, 0.3) is 0 Å². The zero-order valence-electron chi connectivity index (χ0n) is 10.5. The van der Waals surface area contributed by atoms with Crippen molar-refractivity contribution >= 4 is 0 Å². The van der Waals surface area contributed by atoms with Gasteiger partial charge in [0.1, 0.15) is 5.54 Å². The largest absolute Gasteiger partial charge is 0.150 e. The monoisotopic (exact) mass is 239 g/mol. The lowest BCUT2D eigenvalue weighted by atomic mass is 9.87. The third kappa shape index (κ3) is 3.27. The molecule has 2 heteroatoms. The minimum Gasteiger partial charge on any atom is -0.150 e. The van der Waals surface area contributed by atoms with E-state index in [1.54, 1.807) is 0 Å². The van der Waals surface area contributed by atoms with E-state index in [4.69, 9.17) is 0 Å². The van der Waals surface area contributed by atoms with Gasteiger partial charge in [0, 0.05) is 12.8 Å². The van der Waals surface area contributed by atoms with Gasteiger partial charge in [0.2, 0.25) is 0 Å². The molecular weight excluding hydrogens is 222 g/mol. The fourth-order valence-electron chi connectivity index (χ4n) is 2.20. The van der Waals surface area contributed by atoms with Gasteiger partial charge in [-0.3, -0.25) is 0 Å². The molecule has 0 heterocycles. The predicted octanol–water partition coefficient (Wildman–Crippen LogP) is 4.00. The minimum absolute atomic E-state index is 0.581. The molecule has 0 spiro atoms. The maximum Gasteiger partial charge on any atom is 0.108 e. The molecule has 0 bridgehead atoms. The fraction of sp³-hybridized carbons (Fsp3) is 0.250. The van der Waals surface area contributed by atoms with Crippen LogP contribution in [0.5, 0.6) is 0 Å². The van der Waals surface area contributed by atoms with E-state index in [1.165, 1.54) is 0 Å². The lowest BCUT2D eigenvalue weighted by molar-refractivity contribution is 0.462. The number of hydrogen-bond acceptors (Lipinski definition) is 2. The first-order valence-electron chi connectivity index (χ1n) is 6.14. The van der Waals surface area contributed by atoms with Crippen LogP contribution in [0.1, 0.15) is 18.1 Å². The Balaban J connectivity index is 2.13. The topological polar surface area (TPSA) is 29.4 Å². The van der Waals surface area contributed by atoms with E-state index in [1.807, 2.05) is 67.6 Å². The zero-order chi connectivity index (χ0) is 12.8. The molecule has 0 fully saturated rings. The summed E-state index contributed by atoms with van der Waals surface area (Å²) in [4.78, 5) is 11.2.